The van der Waals surface area contributed by atoms with Crippen molar-refractivity contribution in [2.75, 3.05) is 40.9 Å². The second-order valence-electron chi connectivity index (χ2n) is 16.4. The highest BCUT2D eigenvalue weighted by molar-refractivity contribution is 7.45. The number of nitrogens with one attached hydrogen (secondary N) is 1. The molecule has 310 valence electrons. The van der Waals surface area contributed by atoms with Crippen molar-refractivity contribution in [1.82, 2.24) is 5.32 Å². The maximum absolute atomic E-state index is 12.8. The van der Waals surface area contributed by atoms with Crippen LogP contribution in [0.4, 0.5) is 0 Å². The maximum Gasteiger partial charge on any atom is 0.268 e. The van der Waals surface area contributed by atoms with E-state index in [4.69, 9.17) is 9.05 Å². The first-order valence-electron chi connectivity index (χ1n) is 22.0. The monoisotopic (exact) mass is 759 g/mol. The number of quaternary nitrogens is 1. The zero-order valence-electron chi connectivity index (χ0n) is 35.0. The Kier molecular flexibility index (Phi) is 35.4. The minimum atomic E-state index is -4.57. The van der Waals surface area contributed by atoms with Crippen LogP contribution in [-0.4, -0.2) is 68.5 Å². The number of phosphoric acid groups is 1. The SMILES string of the molecule is CCCCCCCCCCCCC=CC[C@@H](O)[C@H](COP(=O)([O-])OCC[N+](C)(C)C)NC(=O)CCCCCCCCCCCCCCCCCCC. The van der Waals surface area contributed by atoms with E-state index in [0.717, 1.165) is 32.1 Å². The van der Waals surface area contributed by atoms with Crippen molar-refractivity contribution in [3.8, 4) is 0 Å². The Morgan fingerprint density at radius 3 is 1.48 bits per heavy atom. The van der Waals surface area contributed by atoms with Crippen LogP contribution in [0.2, 0.25) is 0 Å². The Hall–Kier alpha value is -0.760. The normalized spacial score (nSPS) is 14.5. The molecule has 0 aliphatic carbocycles. The summed E-state index contributed by atoms with van der Waals surface area (Å²) < 4.78 is 23.2. The lowest BCUT2D eigenvalue weighted by Gasteiger charge is -2.29. The number of allylic oxidation sites excluding steroid dienone is 1. The fourth-order valence-corrected chi connectivity index (χ4v) is 7.16. The quantitative estimate of drug-likeness (QED) is 0.0279. The fraction of sp³-hybridized carbons (Fsp3) is 0.930. The molecule has 0 fully saturated rings. The number of aliphatic hydroxyl groups is 1. The average molecular weight is 759 g/mol. The highest BCUT2D eigenvalue weighted by Gasteiger charge is 2.24. The van der Waals surface area contributed by atoms with E-state index in [1.54, 1.807) is 0 Å². The number of nitrogens with zero attached hydrogens (tertiary/aromatic N) is 1. The first-order valence-corrected chi connectivity index (χ1v) is 23.5. The van der Waals surface area contributed by atoms with E-state index in [1.807, 2.05) is 27.2 Å². The summed E-state index contributed by atoms with van der Waals surface area (Å²) in [6.07, 6.45) is 39.5. The van der Waals surface area contributed by atoms with Gasteiger partial charge in [0.25, 0.3) is 7.82 Å². The van der Waals surface area contributed by atoms with Crippen molar-refractivity contribution in [1.29, 1.82) is 0 Å². The Labute approximate surface area is 322 Å². The molecule has 0 radical (unpaired) electrons. The molecule has 2 N–H and O–H groups in total. The molecule has 0 aliphatic heterocycles. The van der Waals surface area contributed by atoms with Crippen molar-refractivity contribution in [2.45, 2.75) is 219 Å². The third-order valence-electron chi connectivity index (χ3n) is 10.0. The molecule has 3 atom stereocenters. The van der Waals surface area contributed by atoms with Crippen LogP contribution in [0.15, 0.2) is 12.2 Å². The number of likely N-dealkylation sites (N-methyl/N-ethyl adjacent to an activating group) is 1. The van der Waals surface area contributed by atoms with E-state index in [0.29, 0.717) is 23.9 Å². The van der Waals surface area contributed by atoms with Gasteiger partial charge in [-0.2, -0.15) is 0 Å². The lowest BCUT2D eigenvalue weighted by Crippen LogP contribution is -2.46. The molecule has 0 aromatic rings. The third kappa shape index (κ3) is 37.6. The third-order valence-corrected chi connectivity index (χ3v) is 11.0. The minimum Gasteiger partial charge on any atom is -0.756 e. The van der Waals surface area contributed by atoms with Crippen LogP contribution in [0, 0.1) is 0 Å². The molecule has 1 amide bonds. The minimum absolute atomic E-state index is 0.00482. The molecule has 0 saturated heterocycles. The molecule has 8 nitrogen and oxygen atoms in total. The molecule has 0 aliphatic rings. The van der Waals surface area contributed by atoms with Crippen LogP contribution >= 0.6 is 7.82 Å². The van der Waals surface area contributed by atoms with Gasteiger partial charge in [-0.25, -0.2) is 0 Å². The Morgan fingerprint density at radius 1 is 0.654 bits per heavy atom. The van der Waals surface area contributed by atoms with Gasteiger partial charge < -0.3 is 28.8 Å². The number of phosphoric ester groups is 1. The number of rotatable bonds is 40. The van der Waals surface area contributed by atoms with Gasteiger partial charge in [0.15, 0.2) is 0 Å². The van der Waals surface area contributed by atoms with Crippen molar-refractivity contribution >= 4 is 13.7 Å². The van der Waals surface area contributed by atoms with Crippen molar-refractivity contribution in [3.63, 3.8) is 0 Å². The van der Waals surface area contributed by atoms with Gasteiger partial charge in [0, 0.05) is 6.42 Å². The summed E-state index contributed by atoms with van der Waals surface area (Å²) >= 11 is 0. The van der Waals surface area contributed by atoms with Crippen molar-refractivity contribution in [2.24, 2.45) is 0 Å². The number of carbonyl (C=O) groups excluding carboxylic acids is 1. The van der Waals surface area contributed by atoms with Crippen molar-refractivity contribution in [3.05, 3.63) is 12.2 Å². The Morgan fingerprint density at radius 2 is 1.06 bits per heavy atom. The van der Waals surface area contributed by atoms with Crippen LogP contribution in [-0.2, 0) is 18.4 Å². The first kappa shape index (κ1) is 51.2. The van der Waals surface area contributed by atoms with Crippen molar-refractivity contribution < 1.29 is 32.9 Å². The predicted molar refractivity (Wildman–Crippen MR) is 219 cm³/mol. The van der Waals surface area contributed by atoms with E-state index in [1.165, 1.54) is 148 Å². The number of carbonyl (C=O) groups is 1. The van der Waals surface area contributed by atoms with E-state index < -0.39 is 20.0 Å². The fourth-order valence-electron chi connectivity index (χ4n) is 6.44. The number of hydrogen-bond acceptors (Lipinski definition) is 6. The van der Waals surface area contributed by atoms with Crippen LogP contribution in [0.1, 0.15) is 206 Å². The molecule has 9 heteroatoms. The molecule has 0 rings (SSSR count). The summed E-state index contributed by atoms with van der Waals surface area (Å²) in [5, 5.41) is 13.8. The summed E-state index contributed by atoms with van der Waals surface area (Å²) in [6.45, 7) is 4.67. The summed E-state index contributed by atoms with van der Waals surface area (Å²) in [7, 11) is 1.28. The topological polar surface area (TPSA) is 108 Å². The zero-order chi connectivity index (χ0) is 38.6. The molecular weight excluding hydrogens is 671 g/mol. The van der Waals surface area contributed by atoms with Gasteiger partial charge >= 0.3 is 0 Å². The Bertz CT molecular complexity index is 865. The summed E-state index contributed by atoms with van der Waals surface area (Å²) in [4.78, 5) is 25.3. The van der Waals surface area contributed by atoms with Gasteiger partial charge in [0.2, 0.25) is 5.91 Å². The smallest absolute Gasteiger partial charge is 0.268 e. The van der Waals surface area contributed by atoms with E-state index in [-0.39, 0.29) is 19.1 Å². The van der Waals surface area contributed by atoms with Gasteiger partial charge in [-0.1, -0.05) is 187 Å². The van der Waals surface area contributed by atoms with E-state index in [2.05, 4.69) is 25.2 Å². The van der Waals surface area contributed by atoms with Gasteiger partial charge in [-0.05, 0) is 25.7 Å². The molecule has 0 bridgehead atoms. The lowest BCUT2D eigenvalue weighted by atomic mass is 10.0. The summed E-state index contributed by atoms with van der Waals surface area (Å²) in [5.74, 6) is -0.186. The number of unbranched alkanes of at least 4 members (excludes halogenated alkanes) is 26. The molecule has 52 heavy (non-hydrogen) atoms. The average Bonchev–Trinajstić information content (AvgIpc) is 3.09. The zero-order valence-corrected chi connectivity index (χ0v) is 35.9. The molecule has 0 heterocycles. The molecular formula is C43H87N2O6P. The molecule has 0 aromatic carbocycles. The number of aliphatic hydroxyl groups excluding tert-OH is 1. The van der Waals surface area contributed by atoms with Gasteiger partial charge in [-0.3, -0.25) is 9.36 Å². The lowest BCUT2D eigenvalue weighted by molar-refractivity contribution is -0.870. The summed E-state index contributed by atoms with van der Waals surface area (Å²) in [6, 6.07) is -0.843. The molecule has 0 spiro atoms. The van der Waals surface area contributed by atoms with E-state index >= 15 is 0 Å². The highest BCUT2D eigenvalue weighted by atomic mass is 31.2. The number of amides is 1. The van der Waals surface area contributed by atoms with Gasteiger partial charge in [-0.15, -0.1) is 0 Å². The molecule has 0 saturated carbocycles. The van der Waals surface area contributed by atoms with E-state index in [9.17, 15) is 19.4 Å². The van der Waals surface area contributed by atoms with Gasteiger partial charge in [0.05, 0.1) is 39.9 Å². The Balaban J connectivity index is 4.38. The largest absolute Gasteiger partial charge is 0.756 e. The number of hydrogen-bond donors (Lipinski definition) is 2. The van der Waals surface area contributed by atoms with Crippen LogP contribution in [0.5, 0.6) is 0 Å². The highest BCUT2D eigenvalue weighted by Crippen LogP contribution is 2.38. The predicted octanol–water partition coefficient (Wildman–Crippen LogP) is 11.3. The summed E-state index contributed by atoms with van der Waals surface area (Å²) in [5.41, 5.74) is 0. The van der Waals surface area contributed by atoms with Crippen LogP contribution in [0.25, 0.3) is 0 Å². The molecule has 1 unspecified atom stereocenters. The van der Waals surface area contributed by atoms with Crippen LogP contribution in [0.3, 0.4) is 0 Å². The van der Waals surface area contributed by atoms with Crippen LogP contribution < -0.4 is 10.2 Å². The standard InChI is InChI=1S/C43H87N2O6P/c1-6-8-10-12-14-16-18-20-21-22-23-25-27-29-31-33-35-37-43(47)44-41(40-51-52(48,49)50-39-38-45(3,4)5)42(46)36-34-32-30-28-26-24-19-17-15-13-11-9-7-2/h32,34,41-42,46H,6-31,33,35-40H2,1-5H3,(H-,44,47,48,49)/t41-,42+/m0/s1. The second kappa shape index (κ2) is 35.9. The molecule has 0 aromatic heterocycles. The van der Waals surface area contributed by atoms with Gasteiger partial charge in [0.1, 0.15) is 13.2 Å². The second-order valence-corrected chi connectivity index (χ2v) is 17.8. The maximum atomic E-state index is 12.8. The first-order chi connectivity index (χ1) is 25.0.